The molecule has 1 fully saturated rings. The number of benzene rings is 1. The summed E-state index contributed by atoms with van der Waals surface area (Å²) in [5, 5.41) is 9.94. The number of sulfonamides is 1. The molecule has 1 atom stereocenters. The third-order valence-electron chi connectivity index (χ3n) is 3.51. The van der Waals surface area contributed by atoms with Gasteiger partial charge in [-0.25, -0.2) is 8.42 Å². The average Bonchev–Trinajstić information content (AvgIpc) is 2.70. The Bertz CT molecular complexity index is 654. The van der Waals surface area contributed by atoms with Crippen molar-refractivity contribution in [3.63, 3.8) is 0 Å². The lowest BCUT2D eigenvalue weighted by atomic mass is 10.1. The van der Waals surface area contributed by atoms with Gasteiger partial charge in [0.05, 0.1) is 10.5 Å². The normalized spacial score (nSPS) is 23.9. The molecule has 1 saturated heterocycles. The number of nitrogens with two attached hydrogens (primary N) is 1. The van der Waals surface area contributed by atoms with Gasteiger partial charge in [0.15, 0.2) is 0 Å². The molecule has 5 nitrogen and oxygen atoms in total. The average molecular weight is 314 g/mol. The number of hydrogen-bond donors (Lipinski definition) is 2. The van der Waals surface area contributed by atoms with Gasteiger partial charge in [0.25, 0.3) is 0 Å². The fraction of sp³-hybridized carbons (Fsp3) is 0.462. The molecule has 0 spiro atoms. The summed E-state index contributed by atoms with van der Waals surface area (Å²) in [6.07, 6.45) is 0.431. The molecule has 0 aromatic heterocycles. The van der Waals surface area contributed by atoms with Crippen LogP contribution in [0.1, 0.15) is 24.5 Å². The van der Waals surface area contributed by atoms with Crippen molar-refractivity contribution in [2.45, 2.75) is 30.8 Å². The molecule has 110 valence electrons. The number of aliphatic hydroxyl groups is 1. The van der Waals surface area contributed by atoms with E-state index in [1.54, 1.807) is 26.0 Å². The van der Waals surface area contributed by atoms with Gasteiger partial charge in [0.1, 0.15) is 4.99 Å². The Balaban J connectivity index is 2.45. The van der Waals surface area contributed by atoms with E-state index in [-0.39, 0.29) is 16.4 Å². The van der Waals surface area contributed by atoms with E-state index >= 15 is 0 Å². The van der Waals surface area contributed by atoms with Crippen molar-refractivity contribution < 1.29 is 13.5 Å². The Morgan fingerprint density at radius 3 is 2.65 bits per heavy atom. The molecule has 3 N–H and O–H groups in total. The lowest BCUT2D eigenvalue weighted by molar-refractivity contribution is 0.0762. The van der Waals surface area contributed by atoms with Crippen LogP contribution in [0.4, 0.5) is 0 Å². The van der Waals surface area contributed by atoms with Gasteiger partial charge < -0.3 is 10.8 Å². The molecular formula is C13H18N2O3S2. The molecule has 0 aliphatic carbocycles. The number of aryl methyl sites for hydroxylation is 1. The first-order valence-electron chi connectivity index (χ1n) is 6.26. The van der Waals surface area contributed by atoms with Crippen LogP contribution in [0.3, 0.4) is 0 Å². The summed E-state index contributed by atoms with van der Waals surface area (Å²) in [7, 11) is -3.64. The molecule has 2 rings (SSSR count). The zero-order valence-electron chi connectivity index (χ0n) is 11.5. The Hall–Kier alpha value is -1.02. The lowest BCUT2D eigenvalue weighted by Gasteiger charge is -2.20. The van der Waals surface area contributed by atoms with Crippen molar-refractivity contribution in [1.29, 1.82) is 0 Å². The predicted molar refractivity (Wildman–Crippen MR) is 81.1 cm³/mol. The summed E-state index contributed by atoms with van der Waals surface area (Å²) in [6, 6.07) is 4.90. The smallest absolute Gasteiger partial charge is 0.243 e. The van der Waals surface area contributed by atoms with Crippen molar-refractivity contribution in [3.05, 3.63) is 29.3 Å². The van der Waals surface area contributed by atoms with E-state index in [1.807, 2.05) is 0 Å². The molecule has 1 unspecified atom stereocenters. The fourth-order valence-electron chi connectivity index (χ4n) is 2.28. The lowest BCUT2D eigenvalue weighted by Crippen LogP contribution is -2.34. The minimum atomic E-state index is -3.64. The van der Waals surface area contributed by atoms with Crippen LogP contribution in [-0.2, 0) is 10.0 Å². The molecule has 7 heteroatoms. The van der Waals surface area contributed by atoms with Gasteiger partial charge in [-0.15, -0.1) is 0 Å². The van der Waals surface area contributed by atoms with E-state index in [2.05, 4.69) is 0 Å². The summed E-state index contributed by atoms with van der Waals surface area (Å²) in [5.74, 6) is 0. The summed E-state index contributed by atoms with van der Waals surface area (Å²) in [5.41, 5.74) is 5.74. The van der Waals surface area contributed by atoms with Crippen molar-refractivity contribution >= 4 is 27.2 Å². The number of β-amino-alcohol motifs (C(OH)–C–C–N with tert-alkyl or cyclic N) is 1. The molecule has 1 heterocycles. The van der Waals surface area contributed by atoms with Crippen LogP contribution in [0.2, 0.25) is 0 Å². The van der Waals surface area contributed by atoms with E-state index in [9.17, 15) is 13.5 Å². The van der Waals surface area contributed by atoms with E-state index < -0.39 is 15.6 Å². The van der Waals surface area contributed by atoms with Crippen LogP contribution < -0.4 is 5.73 Å². The monoisotopic (exact) mass is 314 g/mol. The molecule has 0 radical (unpaired) electrons. The van der Waals surface area contributed by atoms with Crippen molar-refractivity contribution in [1.82, 2.24) is 4.31 Å². The van der Waals surface area contributed by atoms with Crippen LogP contribution >= 0.6 is 12.2 Å². The number of hydrogen-bond acceptors (Lipinski definition) is 4. The minimum Gasteiger partial charge on any atom is -0.389 e. The maximum Gasteiger partial charge on any atom is 0.243 e. The van der Waals surface area contributed by atoms with Gasteiger partial charge in [0, 0.05) is 18.7 Å². The zero-order valence-corrected chi connectivity index (χ0v) is 13.1. The highest BCUT2D eigenvalue weighted by Crippen LogP contribution is 2.28. The highest BCUT2D eigenvalue weighted by Gasteiger charge is 2.39. The topological polar surface area (TPSA) is 83.6 Å². The Morgan fingerprint density at radius 2 is 2.15 bits per heavy atom. The van der Waals surface area contributed by atoms with Crippen molar-refractivity contribution in [2.24, 2.45) is 5.73 Å². The summed E-state index contributed by atoms with van der Waals surface area (Å²) in [4.78, 5) is 0.357. The molecule has 20 heavy (non-hydrogen) atoms. The SMILES string of the molecule is Cc1ccc(C(N)=S)cc1S(=O)(=O)N1CCC(C)(O)C1. The number of rotatable bonds is 3. The highest BCUT2D eigenvalue weighted by atomic mass is 32.2. The second-order valence-electron chi connectivity index (χ2n) is 5.43. The molecule has 0 amide bonds. The maximum atomic E-state index is 12.6. The zero-order chi connectivity index (χ0) is 15.1. The molecule has 1 aromatic carbocycles. The van der Waals surface area contributed by atoms with Crippen LogP contribution in [-0.4, -0.2) is 41.5 Å². The second kappa shape index (κ2) is 5.07. The predicted octanol–water partition coefficient (Wildman–Crippen LogP) is 0.775. The first kappa shape index (κ1) is 15.4. The van der Waals surface area contributed by atoms with E-state index in [1.165, 1.54) is 10.4 Å². The molecule has 1 aromatic rings. The first-order valence-corrected chi connectivity index (χ1v) is 8.11. The Labute approximate surface area is 124 Å². The molecule has 1 aliphatic rings. The van der Waals surface area contributed by atoms with Crippen LogP contribution in [0.15, 0.2) is 23.1 Å². The molecular weight excluding hydrogens is 296 g/mol. The van der Waals surface area contributed by atoms with Gasteiger partial charge in [-0.2, -0.15) is 4.31 Å². The van der Waals surface area contributed by atoms with E-state index in [0.717, 1.165) is 0 Å². The van der Waals surface area contributed by atoms with Crippen LogP contribution in [0.25, 0.3) is 0 Å². The third-order valence-corrected chi connectivity index (χ3v) is 5.73. The van der Waals surface area contributed by atoms with Gasteiger partial charge in [0.2, 0.25) is 10.0 Å². The summed E-state index contributed by atoms with van der Waals surface area (Å²) in [6.45, 7) is 3.78. The van der Waals surface area contributed by atoms with Gasteiger partial charge in [-0.3, -0.25) is 0 Å². The fourth-order valence-corrected chi connectivity index (χ4v) is 4.21. The first-order chi connectivity index (χ1) is 9.13. The number of thiocarbonyl (C=S) groups is 1. The standard InChI is InChI=1S/C13H18N2O3S2/c1-9-3-4-10(12(14)19)7-11(9)20(17,18)15-6-5-13(2,16)8-15/h3-4,7,16H,5-6,8H2,1-2H3,(H2,14,19). The Morgan fingerprint density at radius 1 is 1.50 bits per heavy atom. The maximum absolute atomic E-state index is 12.6. The van der Waals surface area contributed by atoms with Crippen molar-refractivity contribution in [2.75, 3.05) is 13.1 Å². The second-order valence-corrected chi connectivity index (χ2v) is 7.78. The quantitative estimate of drug-likeness (QED) is 0.805. The van der Waals surface area contributed by atoms with E-state index in [4.69, 9.17) is 18.0 Å². The summed E-state index contributed by atoms with van der Waals surface area (Å²) < 4.78 is 26.6. The number of nitrogens with zero attached hydrogens (tertiary/aromatic N) is 1. The highest BCUT2D eigenvalue weighted by molar-refractivity contribution is 7.89. The van der Waals surface area contributed by atoms with Gasteiger partial charge >= 0.3 is 0 Å². The van der Waals surface area contributed by atoms with Gasteiger partial charge in [-0.1, -0.05) is 24.4 Å². The van der Waals surface area contributed by atoms with Gasteiger partial charge in [-0.05, 0) is 31.9 Å². The van der Waals surface area contributed by atoms with Crippen LogP contribution in [0.5, 0.6) is 0 Å². The Kier molecular flexibility index (Phi) is 3.90. The third kappa shape index (κ3) is 2.85. The van der Waals surface area contributed by atoms with Crippen molar-refractivity contribution in [3.8, 4) is 0 Å². The minimum absolute atomic E-state index is 0.103. The van der Waals surface area contributed by atoms with Crippen LogP contribution in [0, 0.1) is 6.92 Å². The van der Waals surface area contributed by atoms with E-state index in [0.29, 0.717) is 24.1 Å². The molecule has 0 saturated carbocycles. The largest absolute Gasteiger partial charge is 0.389 e. The molecule has 1 aliphatic heterocycles. The molecule has 0 bridgehead atoms. The summed E-state index contributed by atoms with van der Waals surface area (Å²) >= 11 is 4.89.